The van der Waals surface area contributed by atoms with Crippen molar-refractivity contribution in [2.24, 2.45) is 5.92 Å². The van der Waals surface area contributed by atoms with Gasteiger partial charge in [0, 0.05) is 37.3 Å². The number of nitrogens with one attached hydrogen (secondary N) is 2. The van der Waals surface area contributed by atoms with Crippen LogP contribution in [0.15, 0.2) is 42.5 Å². The zero-order valence-corrected chi connectivity index (χ0v) is 22.5. The van der Waals surface area contributed by atoms with E-state index in [1.807, 2.05) is 0 Å². The van der Waals surface area contributed by atoms with Crippen molar-refractivity contribution in [3.8, 4) is 0 Å². The number of carboxylic acid groups (broad SMARTS) is 1. The first-order chi connectivity index (χ1) is 19.6. The minimum atomic E-state index is -1.54. The van der Waals surface area contributed by atoms with Gasteiger partial charge in [-0.1, -0.05) is 18.2 Å². The Kier molecular flexibility index (Phi) is 7.65. The quantitative estimate of drug-likeness (QED) is 0.466. The number of nitrogens with zero attached hydrogens (tertiary/aromatic N) is 2. The summed E-state index contributed by atoms with van der Waals surface area (Å²) in [5, 5.41) is 14.5. The summed E-state index contributed by atoms with van der Waals surface area (Å²) in [4.78, 5) is 65.9. The van der Waals surface area contributed by atoms with Crippen molar-refractivity contribution in [1.82, 2.24) is 15.1 Å². The standard InChI is InChI=1S/C29H31FN4O7/c1-31-27(39)32-21-8-11-23-19(14-21)12-13-29(23)26(38)34(28(40)41-29)16-24(35)33(15-17-2-6-20(30)7-3-17)22-9-4-18(5-10-22)25(36)37/h2-3,6-8,11,14,18,22H,4-5,9-10,12-13,15-16H2,1H3,(H,36,37)(H2,31,32,39)/t18?,22?,29-/m1/s1. The lowest BCUT2D eigenvalue weighted by Gasteiger charge is -2.36. The maximum Gasteiger partial charge on any atom is 0.418 e. The lowest BCUT2D eigenvalue weighted by Crippen LogP contribution is -2.48. The van der Waals surface area contributed by atoms with Crippen molar-refractivity contribution in [2.75, 3.05) is 18.9 Å². The number of rotatable bonds is 7. The van der Waals surface area contributed by atoms with Crippen molar-refractivity contribution in [1.29, 1.82) is 0 Å². The minimum absolute atomic E-state index is 0.119. The van der Waals surface area contributed by atoms with Crippen LogP contribution in [-0.2, 0) is 37.7 Å². The van der Waals surface area contributed by atoms with Crippen molar-refractivity contribution < 1.29 is 38.2 Å². The van der Waals surface area contributed by atoms with Gasteiger partial charge in [-0.3, -0.25) is 14.4 Å². The first-order valence-corrected chi connectivity index (χ1v) is 13.5. The molecule has 11 nitrogen and oxygen atoms in total. The molecule has 1 saturated carbocycles. The van der Waals surface area contributed by atoms with E-state index in [2.05, 4.69) is 10.6 Å². The zero-order valence-electron chi connectivity index (χ0n) is 22.5. The fourth-order valence-electron chi connectivity index (χ4n) is 5.99. The maximum atomic E-state index is 13.7. The molecule has 12 heteroatoms. The van der Waals surface area contributed by atoms with Crippen molar-refractivity contribution in [3.05, 3.63) is 65.0 Å². The molecule has 1 heterocycles. The van der Waals surface area contributed by atoms with Crippen LogP contribution in [0.1, 0.15) is 48.8 Å². The summed E-state index contributed by atoms with van der Waals surface area (Å²) in [6, 6.07) is 9.99. The smallest absolute Gasteiger partial charge is 0.418 e. The average molecular weight is 567 g/mol. The molecule has 0 unspecified atom stereocenters. The molecule has 2 aliphatic carbocycles. The third-order valence-corrected chi connectivity index (χ3v) is 8.21. The molecular formula is C29H31FN4O7. The molecule has 2 aromatic carbocycles. The summed E-state index contributed by atoms with van der Waals surface area (Å²) in [6.45, 7) is -0.418. The Hall–Kier alpha value is -4.48. The number of aryl methyl sites for hydroxylation is 1. The summed E-state index contributed by atoms with van der Waals surface area (Å²) < 4.78 is 19.2. The average Bonchev–Trinajstić information content (AvgIpc) is 3.44. The number of hydrogen-bond acceptors (Lipinski definition) is 6. The highest BCUT2D eigenvalue weighted by Gasteiger charge is 2.58. The molecule has 5 amide bonds. The van der Waals surface area contributed by atoms with Gasteiger partial charge in [-0.05, 0) is 67.5 Å². The molecule has 216 valence electrons. The lowest BCUT2D eigenvalue weighted by molar-refractivity contribution is -0.145. The number of fused-ring (bicyclic) bond motifs is 2. The van der Waals surface area contributed by atoms with E-state index in [0.717, 1.165) is 10.5 Å². The summed E-state index contributed by atoms with van der Waals surface area (Å²) in [7, 11) is 1.49. The fourth-order valence-corrected chi connectivity index (χ4v) is 5.99. The number of aliphatic carboxylic acids is 1. The second-order valence-corrected chi connectivity index (χ2v) is 10.7. The third-order valence-electron chi connectivity index (χ3n) is 8.21. The van der Waals surface area contributed by atoms with E-state index >= 15 is 0 Å². The van der Waals surface area contributed by atoms with Gasteiger partial charge < -0.3 is 25.4 Å². The van der Waals surface area contributed by atoms with Crippen molar-refractivity contribution >= 4 is 35.6 Å². The van der Waals surface area contributed by atoms with Crippen LogP contribution >= 0.6 is 0 Å². The van der Waals surface area contributed by atoms with E-state index in [1.165, 1.54) is 19.2 Å². The fraction of sp³-hybridized carbons (Fsp3) is 0.414. The van der Waals surface area contributed by atoms with Crippen molar-refractivity contribution in [3.63, 3.8) is 0 Å². The number of hydrogen-bond donors (Lipinski definition) is 3. The largest absolute Gasteiger partial charge is 0.481 e. The maximum absolute atomic E-state index is 13.7. The van der Waals surface area contributed by atoms with Gasteiger partial charge >= 0.3 is 18.1 Å². The molecule has 3 N–H and O–H groups in total. The van der Waals surface area contributed by atoms with Gasteiger partial charge in [-0.25, -0.2) is 18.9 Å². The van der Waals surface area contributed by atoms with E-state index in [-0.39, 0.29) is 19.0 Å². The van der Waals surface area contributed by atoms with Gasteiger partial charge in [0.05, 0.1) is 5.92 Å². The van der Waals surface area contributed by atoms with Gasteiger partial charge in [0.2, 0.25) is 11.5 Å². The normalized spacial score (nSPS) is 23.2. The van der Waals surface area contributed by atoms with Crippen LogP contribution in [-0.4, -0.2) is 64.4 Å². The number of amides is 5. The molecule has 1 atom stereocenters. The van der Waals surface area contributed by atoms with Gasteiger partial charge in [-0.2, -0.15) is 0 Å². The summed E-state index contributed by atoms with van der Waals surface area (Å²) in [5.74, 6) is -2.89. The SMILES string of the molecule is CNC(=O)Nc1ccc2c(c1)CC[C@@]21OC(=O)N(CC(=O)N(Cc2ccc(F)cc2)C2CCC(C(=O)O)CC2)C1=O. The van der Waals surface area contributed by atoms with E-state index in [1.54, 1.807) is 35.2 Å². The molecular weight excluding hydrogens is 535 g/mol. The Morgan fingerprint density at radius 2 is 1.80 bits per heavy atom. The highest BCUT2D eigenvalue weighted by atomic mass is 19.1. The number of carboxylic acids is 1. The van der Waals surface area contributed by atoms with Crippen molar-refractivity contribution in [2.45, 2.75) is 56.7 Å². The molecule has 1 saturated heterocycles. The predicted molar refractivity (Wildman–Crippen MR) is 143 cm³/mol. The molecule has 5 rings (SSSR count). The molecule has 2 fully saturated rings. The minimum Gasteiger partial charge on any atom is -0.481 e. The topological polar surface area (TPSA) is 145 Å². The van der Waals surface area contributed by atoms with Crippen LogP contribution in [0.4, 0.5) is 19.7 Å². The lowest BCUT2D eigenvalue weighted by atomic mass is 9.85. The monoisotopic (exact) mass is 566 g/mol. The highest BCUT2D eigenvalue weighted by Crippen LogP contribution is 2.46. The molecule has 3 aliphatic rings. The Labute approximate surface area is 235 Å². The number of halogens is 1. The molecule has 41 heavy (non-hydrogen) atoms. The van der Waals surface area contributed by atoms with Gasteiger partial charge in [-0.15, -0.1) is 0 Å². The van der Waals surface area contributed by atoms with Crippen LogP contribution in [0.3, 0.4) is 0 Å². The van der Waals surface area contributed by atoms with Gasteiger partial charge in [0.1, 0.15) is 12.4 Å². The molecule has 0 radical (unpaired) electrons. The van der Waals surface area contributed by atoms with Gasteiger partial charge in [0.25, 0.3) is 5.91 Å². The van der Waals surface area contributed by atoms with E-state index in [4.69, 9.17) is 4.74 Å². The number of ether oxygens (including phenoxy) is 1. The number of carbonyl (C=O) groups excluding carboxylic acids is 4. The summed E-state index contributed by atoms with van der Waals surface area (Å²) in [5.41, 5.74) is 0.917. The number of urea groups is 1. The van der Waals surface area contributed by atoms with E-state index in [0.29, 0.717) is 48.9 Å². The number of benzene rings is 2. The van der Waals surface area contributed by atoms with Crippen LogP contribution in [0.25, 0.3) is 0 Å². The number of imide groups is 1. The summed E-state index contributed by atoms with van der Waals surface area (Å²) >= 11 is 0. The predicted octanol–water partition coefficient (Wildman–Crippen LogP) is 3.37. The molecule has 1 aliphatic heterocycles. The molecule has 2 aromatic rings. The number of anilines is 1. The van der Waals surface area contributed by atoms with Crippen LogP contribution in [0.5, 0.6) is 0 Å². The second-order valence-electron chi connectivity index (χ2n) is 10.7. The highest BCUT2D eigenvalue weighted by molar-refractivity contribution is 6.06. The Bertz CT molecular complexity index is 1390. The molecule has 0 bridgehead atoms. The Morgan fingerprint density at radius 1 is 1.10 bits per heavy atom. The van der Waals surface area contributed by atoms with Crippen LogP contribution in [0.2, 0.25) is 0 Å². The third kappa shape index (κ3) is 5.46. The molecule has 0 aromatic heterocycles. The first kappa shape index (κ1) is 28.1. The van der Waals surface area contributed by atoms with Gasteiger partial charge in [0.15, 0.2) is 0 Å². The number of carbonyl (C=O) groups is 5. The van der Waals surface area contributed by atoms with E-state index in [9.17, 15) is 33.5 Å². The Balaban J connectivity index is 1.35. The molecule has 1 spiro atoms. The zero-order chi connectivity index (χ0) is 29.3. The van der Waals surface area contributed by atoms with Crippen LogP contribution < -0.4 is 10.6 Å². The second kappa shape index (κ2) is 11.2. The first-order valence-electron chi connectivity index (χ1n) is 13.5. The Morgan fingerprint density at radius 3 is 2.46 bits per heavy atom. The van der Waals surface area contributed by atoms with E-state index < -0.39 is 53.8 Å². The van der Waals surface area contributed by atoms with Crippen LogP contribution in [0, 0.1) is 11.7 Å². The summed E-state index contributed by atoms with van der Waals surface area (Å²) in [6.07, 6.45) is 1.42.